The van der Waals surface area contributed by atoms with Crippen molar-refractivity contribution in [2.45, 2.75) is 44.9 Å². The fourth-order valence-electron chi connectivity index (χ4n) is 4.37. The summed E-state index contributed by atoms with van der Waals surface area (Å²) in [5.41, 5.74) is 2.16. The summed E-state index contributed by atoms with van der Waals surface area (Å²) in [5, 5.41) is 11.0. The first-order valence-electron chi connectivity index (χ1n) is 11.9. The molecule has 1 saturated heterocycles. The van der Waals surface area contributed by atoms with Crippen molar-refractivity contribution in [1.29, 1.82) is 0 Å². The quantitative estimate of drug-likeness (QED) is 0.385. The highest BCUT2D eigenvalue weighted by atomic mass is 19.1. The molecule has 12 heteroatoms. The van der Waals surface area contributed by atoms with E-state index in [0.717, 1.165) is 5.39 Å². The largest absolute Gasteiger partial charge is 0.444 e. The number of carbonyl (C=O) groups is 2. The van der Waals surface area contributed by atoms with E-state index in [4.69, 9.17) is 9.47 Å². The molecular formula is C25H28FN7O4. The van der Waals surface area contributed by atoms with E-state index in [-0.39, 0.29) is 23.8 Å². The first-order valence-corrected chi connectivity index (χ1v) is 11.9. The normalized spacial score (nSPS) is 18.2. The second-order valence-corrected chi connectivity index (χ2v) is 10.1. The number of carbonyl (C=O) groups excluding carboxylic acids is 2. The molecule has 4 aromatic rings. The lowest BCUT2D eigenvalue weighted by Crippen LogP contribution is -2.51. The summed E-state index contributed by atoms with van der Waals surface area (Å²) in [4.78, 5) is 37.3. The minimum atomic E-state index is -0.611. The Hall–Kier alpha value is -4.06. The van der Waals surface area contributed by atoms with Crippen LogP contribution in [0.5, 0.6) is 0 Å². The average molecular weight is 510 g/mol. The summed E-state index contributed by atoms with van der Waals surface area (Å²) >= 11 is 0. The third-order valence-corrected chi connectivity index (χ3v) is 5.94. The molecule has 2 unspecified atom stereocenters. The molecule has 1 aliphatic heterocycles. The molecule has 0 spiro atoms. The van der Waals surface area contributed by atoms with Crippen LogP contribution in [-0.4, -0.2) is 67.6 Å². The predicted molar refractivity (Wildman–Crippen MR) is 133 cm³/mol. The molecule has 2 amide bonds. The number of benzene rings is 1. The highest BCUT2D eigenvalue weighted by Crippen LogP contribution is 2.28. The van der Waals surface area contributed by atoms with Gasteiger partial charge in [-0.2, -0.15) is 5.10 Å². The Morgan fingerprint density at radius 3 is 2.73 bits per heavy atom. The molecule has 5 rings (SSSR count). The molecule has 37 heavy (non-hydrogen) atoms. The van der Waals surface area contributed by atoms with Crippen LogP contribution in [0, 0.1) is 5.82 Å². The van der Waals surface area contributed by atoms with Gasteiger partial charge in [0.05, 0.1) is 42.6 Å². The topological polar surface area (TPSA) is 136 Å². The van der Waals surface area contributed by atoms with Gasteiger partial charge in [-0.25, -0.2) is 19.2 Å². The highest BCUT2D eigenvalue weighted by molar-refractivity contribution is 6.05. The van der Waals surface area contributed by atoms with Crippen LogP contribution in [0.25, 0.3) is 33.5 Å². The number of rotatable bonds is 4. The van der Waals surface area contributed by atoms with E-state index in [1.54, 1.807) is 51.0 Å². The molecule has 4 heterocycles. The zero-order chi connectivity index (χ0) is 26.3. The number of aromatic amines is 1. The molecule has 1 aliphatic rings. The van der Waals surface area contributed by atoms with Crippen LogP contribution in [0.3, 0.4) is 0 Å². The van der Waals surface area contributed by atoms with Crippen LogP contribution in [-0.2, 0) is 16.5 Å². The van der Waals surface area contributed by atoms with Gasteiger partial charge in [-0.1, -0.05) is 0 Å². The number of hydrogen-bond donors (Lipinski definition) is 3. The molecular weight excluding hydrogens is 481 g/mol. The van der Waals surface area contributed by atoms with Gasteiger partial charge >= 0.3 is 6.09 Å². The maximum Gasteiger partial charge on any atom is 0.407 e. The predicted octanol–water partition coefficient (Wildman–Crippen LogP) is 3.06. The van der Waals surface area contributed by atoms with Crippen molar-refractivity contribution in [2.24, 2.45) is 7.05 Å². The lowest BCUT2D eigenvalue weighted by Gasteiger charge is -2.31. The van der Waals surface area contributed by atoms with Crippen LogP contribution in [0.2, 0.25) is 0 Å². The Morgan fingerprint density at radius 1 is 1.22 bits per heavy atom. The number of nitrogens with zero attached hydrogens (tertiary/aromatic N) is 4. The number of ether oxygens (including phenoxy) is 2. The fourth-order valence-corrected chi connectivity index (χ4v) is 4.37. The number of hydrogen-bond acceptors (Lipinski definition) is 7. The van der Waals surface area contributed by atoms with Crippen molar-refractivity contribution >= 4 is 34.1 Å². The Bertz CT molecular complexity index is 1490. The standard InChI is InChI=1S/C25H28FN7O4/c1-25(2,3)37-24(35)30-15-8-14(11-36-12-15)29-23(34)17-9-27-22-21(17)31-18(10-28-22)20-16-6-5-13(26)7-19(16)33(4)32-20/h5-7,9-10,14-15H,8,11-12H2,1-4H3,(H,27,28)(H,29,34)(H,30,35). The first kappa shape index (κ1) is 24.6. The molecule has 1 fully saturated rings. The smallest absolute Gasteiger partial charge is 0.407 e. The molecule has 0 aliphatic carbocycles. The van der Waals surface area contributed by atoms with Gasteiger partial charge in [-0.15, -0.1) is 0 Å². The molecule has 11 nitrogen and oxygen atoms in total. The summed E-state index contributed by atoms with van der Waals surface area (Å²) in [6.07, 6.45) is 3.07. The maximum absolute atomic E-state index is 13.7. The number of aromatic nitrogens is 5. The van der Waals surface area contributed by atoms with Gasteiger partial charge in [0.1, 0.15) is 28.3 Å². The highest BCUT2D eigenvalue weighted by Gasteiger charge is 2.28. The Morgan fingerprint density at radius 2 is 1.97 bits per heavy atom. The number of halogens is 1. The molecule has 0 saturated carbocycles. The number of amides is 2. The summed E-state index contributed by atoms with van der Waals surface area (Å²) in [6, 6.07) is 3.80. The summed E-state index contributed by atoms with van der Waals surface area (Å²) in [7, 11) is 1.73. The van der Waals surface area contributed by atoms with Gasteiger partial charge in [0.15, 0.2) is 5.65 Å². The third kappa shape index (κ3) is 5.24. The van der Waals surface area contributed by atoms with Gasteiger partial charge in [0, 0.05) is 18.6 Å². The zero-order valence-electron chi connectivity index (χ0n) is 21.0. The van der Waals surface area contributed by atoms with Crippen molar-refractivity contribution in [3.8, 4) is 11.4 Å². The molecule has 3 aromatic heterocycles. The second kappa shape index (κ2) is 9.43. The maximum atomic E-state index is 13.7. The number of nitrogens with one attached hydrogen (secondary N) is 3. The third-order valence-electron chi connectivity index (χ3n) is 5.94. The van der Waals surface area contributed by atoms with Crippen LogP contribution in [0.1, 0.15) is 37.6 Å². The fraction of sp³-hybridized carbons (Fsp3) is 0.400. The van der Waals surface area contributed by atoms with E-state index in [0.29, 0.717) is 53.3 Å². The minimum Gasteiger partial charge on any atom is -0.444 e. The van der Waals surface area contributed by atoms with Crippen LogP contribution in [0.4, 0.5) is 9.18 Å². The van der Waals surface area contributed by atoms with Gasteiger partial charge in [-0.05, 0) is 45.4 Å². The number of fused-ring (bicyclic) bond motifs is 2. The summed E-state index contributed by atoms with van der Waals surface area (Å²) in [6.45, 7) is 6.01. The number of aryl methyl sites for hydroxylation is 1. The Kier molecular flexibility index (Phi) is 6.28. The average Bonchev–Trinajstić information content (AvgIpc) is 3.38. The lowest BCUT2D eigenvalue weighted by molar-refractivity contribution is 0.0253. The van der Waals surface area contributed by atoms with E-state index in [9.17, 15) is 14.0 Å². The van der Waals surface area contributed by atoms with Gasteiger partial charge < -0.3 is 25.1 Å². The molecule has 0 bridgehead atoms. The Balaban J connectivity index is 1.34. The monoisotopic (exact) mass is 509 g/mol. The van der Waals surface area contributed by atoms with E-state index in [1.807, 2.05) is 0 Å². The molecule has 3 N–H and O–H groups in total. The van der Waals surface area contributed by atoms with Gasteiger partial charge in [0.25, 0.3) is 5.91 Å². The molecule has 2 atom stereocenters. The summed E-state index contributed by atoms with van der Waals surface area (Å²) < 4.78 is 26.2. The number of H-pyrrole nitrogens is 1. The van der Waals surface area contributed by atoms with Crippen LogP contribution in [0.15, 0.2) is 30.6 Å². The second-order valence-electron chi connectivity index (χ2n) is 10.1. The van der Waals surface area contributed by atoms with Crippen molar-refractivity contribution < 1.29 is 23.5 Å². The van der Waals surface area contributed by atoms with Crippen molar-refractivity contribution in [1.82, 2.24) is 35.4 Å². The minimum absolute atomic E-state index is 0.300. The molecule has 194 valence electrons. The molecule has 0 radical (unpaired) electrons. The van der Waals surface area contributed by atoms with Crippen molar-refractivity contribution in [3.05, 3.63) is 42.0 Å². The van der Waals surface area contributed by atoms with E-state index in [2.05, 4.69) is 30.7 Å². The van der Waals surface area contributed by atoms with E-state index >= 15 is 0 Å². The van der Waals surface area contributed by atoms with E-state index in [1.165, 1.54) is 12.1 Å². The van der Waals surface area contributed by atoms with Gasteiger partial charge in [0.2, 0.25) is 0 Å². The number of alkyl carbamates (subject to hydrolysis) is 1. The first-order chi connectivity index (χ1) is 17.6. The van der Waals surface area contributed by atoms with Crippen molar-refractivity contribution in [3.63, 3.8) is 0 Å². The SMILES string of the molecule is Cn1nc(-c2cnc3[nH]cc(C(=O)NC4COCC(NC(=O)OC(C)(C)C)C4)c3n2)c2ccc(F)cc21. The van der Waals surface area contributed by atoms with Crippen molar-refractivity contribution in [2.75, 3.05) is 13.2 Å². The van der Waals surface area contributed by atoms with Gasteiger partial charge in [-0.3, -0.25) is 9.48 Å². The zero-order valence-corrected chi connectivity index (χ0v) is 21.0. The Labute approximate surface area is 211 Å². The van der Waals surface area contributed by atoms with Crippen LogP contribution >= 0.6 is 0 Å². The van der Waals surface area contributed by atoms with Crippen LogP contribution < -0.4 is 10.6 Å². The molecule has 1 aromatic carbocycles. The van der Waals surface area contributed by atoms with E-state index < -0.39 is 11.7 Å². The lowest BCUT2D eigenvalue weighted by atomic mass is 10.1. The summed E-state index contributed by atoms with van der Waals surface area (Å²) in [5.74, 6) is -0.708.